The lowest BCUT2D eigenvalue weighted by molar-refractivity contribution is -0.0445. The summed E-state index contributed by atoms with van der Waals surface area (Å²) in [6.07, 6.45) is 2.46. The van der Waals surface area contributed by atoms with Crippen molar-refractivity contribution in [3.05, 3.63) is 46.9 Å². The number of H-pyrrole nitrogens is 1. The van der Waals surface area contributed by atoms with Gasteiger partial charge in [-0.3, -0.25) is 9.78 Å². The van der Waals surface area contributed by atoms with Gasteiger partial charge in [-0.1, -0.05) is 25.1 Å². The van der Waals surface area contributed by atoms with E-state index in [4.69, 9.17) is 9.72 Å². The van der Waals surface area contributed by atoms with E-state index in [1.165, 1.54) is 0 Å². The molecule has 1 aliphatic heterocycles. The molecule has 1 aliphatic rings. The average molecular weight is 339 g/mol. The predicted octanol–water partition coefficient (Wildman–Crippen LogP) is 2.11. The van der Waals surface area contributed by atoms with Gasteiger partial charge in [0.15, 0.2) is 5.65 Å². The van der Waals surface area contributed by atoms with Crippen molar-refractivity contribution in [3.63, 3.8) is 0 Å². The van der Waals surface area contributed by atoms with Crippen LogP contribution in [-0.4, -0.2) is 45.0 Å². The van der Waals surface area contributed by atoms with E-state index < -0.39 is 0 Å². The summed E-state index contributed by atoms with van der Waals surface area (Å²) in [4.78, 5) is 22.2. The molecule has 2 aromatic heterocycles. The summed E-state index contributed by atoms with van der Waals surface area (Å²) in [6, 6.07) is 9.70. The lowest BCUT2D eigenvalue weighted by Crippen LogP contribution is -2.50. The summed E-state index contributed by atoms with van der Waals surface area (Å²) in [7, 11) is 0. The highest BCUT2D eigenvalue weighted by Crippen LogP contribution is 2.24. The van der Waals surface area contributed by atoms with Crippen LogP contribution in [0.5, 0.6) is 0 Å². The molecular weight excluding hydrogens is 318 g/mol. The lowest BCUT2D eigenvalue weighted by Gasteiger charge is -2.40. The Balaban J connectivity index is 1.80. The molecule has 25 heavy (non-hydrogen) atoms. The van der Waals surface area contributed by atoms with Gasteiger partial charge in [-0.25, -0.2) is 4.68 Å². The Kier molecular flexibility index (Phi) is 3.80. The minimum Gasteiger partial charge on any atom is -0.372 e. The van der Waals surface area contributed by atoms with Crippen LogP contribution in [0.3, 0.4) is 0 Å². The number of nitrogens with zero attached hydrogens (tertiary/aromatic N) is 4. The molecule has 3 heterocycles. The van der Waals surface area contributed by atoms with Gasteiger partial charge in [0.1, 0.15) is 5.39 Å². The third-order valence-corrected chi connectivity index (χ3v) is 4.81. The Morgan fingerprint density at radius 3 is 2.88 bits per heavy atom. The fourth-order valence-corrected chi connectivity index (χ4v) is 3.14. The van der Waals surface area contributed by atoms with Gasteiger partial charge in [-0.2, -0.15) is 10.1 Å². The van der Waals surface area contributed by atoms with Gasteiger partial charge in [-0.05, 0) is 25.5 Å². The van der Waals surface area contributed by atoms with Gasteiger partial charge in [0, 0.05) is 13.1 Å². The number of aromatic amines is 1. The van der Waals surface area contributed by atoms with Crippen LogP contribution in [0.2, 0.25) is 0 Å². The molecule has 1 fully saturated rings. The number of ether oxygens (including phenoxy) is 1. The number of benzene rings is 1. The molecular formula is C18H21N5O2. The van der Waals surface area contributed by atoms with Crippen LogP contribution in [0.25, 0.3) is 16.7 Å². The molecule has 0 saturated carbocycles. The summed E-state index contributed by atoms with van der Waals surface area (Å²) in [5, 5.41) is 4.83. The van der Waals surface area contributed by atoms with E-state index in [0.717, 1.165) is 12.1 Å². The zero-order chi connectivity index (χ0) is 17.4. The smallest absolute Gasteiger partial charge is 0.263 e. The van der Waals surface area contributed by atoms with E-state index in [-0.39, 0.29) is 11.2 Å². The highest BCUT2D eigenvalue weighted by Gasteiger charge is 2.31. The molecule has 0 radical (unpaired) electrons. The number of rotatable bonds is 3. The first kappa shape index (κ1) is 15.8. The Bertz CT molecular complexity index is 949. The summed E-state index contributed by atoms with van der Waals surface area (Å²) >= 11 is 0. The maximum atomic E-state index is 12.5. The van der Waals surface area contributed by atoms with E-state index in [9.17, 15) is 4.79 Å². The second kappa shape index (κ2) is 6.00. The zero-order valence-corrected chi connectivity index (χ0v) is 14.4. The predicted molar refractivity (Wildman–Crippen MR) is 96.3 cm³/mol. The van der Waals surface area contributed by atoms with Crippen molar-refractivity contribution in [3.8, 4) is 5.69 Å². The van der Waals surface area contributed by atoms with Crippen LogP contribution in [0.4, 0.5) is 5.95 Å². The van der Waals surface area contributed by atoms with Crippen LogP contribution >= 0.6 is 0 Å². The van der Waals surface area contributed by atoms with Gasteiger partial charge >= 0.3 is 0 Å². The third kappa shape index (κ3) is 2.80. The Morgan fingerprint density at radius 1 is 1.32 bits per heavy atom. The van der Waals surface area contributed by atoms with Crippen molar-refractivity contribution in [2.24, 2.45) is 0 Å². The molecule has 130 valence electrons. The van der Waals surface area contributed by atoms with Crippen molar-refractivity contribution in [2.75, 3.05) is 24.6 Å². The minimum atomic E-state index is -0.231. The fourth-order valence-electron chi connectivity index (χ4n) is 3.14. The number of hydrogen-bond acceptors (Lipinski definition) is 5. The number of morpholine rings is 1. The number of nitrogens with one attached hydrogen (secondary N) is 1. The second-order valence-electron chi connectivity index (χ2n) is 6.59. The molecule has 7 heteroatoms. The van der Waals surface area contributed by atoms with E-state index in [2.05, 4.69) is 28.8 Å². The summed E-state index contributed by atoms with van der Waals surface area (Å²) in [6.45, 7) is 6.20. The van der Waals surface area contributed by atoms with E-state index in [1.807, 2.05) is 30.3 Å². The van der Waals surface area contributed by atoms with E-state index >= 15 is 0 Å². The van der Waals surface area contributed by atoms with Crippen molar-refractivity contribution >= 4 is 17.0 Å². The quantitative estimate of drug-likeness (QED) is 0.791. The molecule has 1 atom stereocenters. The first-order chi connectivity index (χ1) is 12.1. The Hall–Kier alpha value is -2.67. The monoisotopic (exact) mass is 339 g/mol. The number of para-hydroxylation sites is 1. The van der Waals surface area contributed by atoms with E-state index in [0.29, 0.717) is 36.7 Å². The lowest BCUT2D eigenvalue weighted by atomic mass is 10.0. The standard InChI is InChI=1S/C18H21N5O2/c1-3-18(2)12-22(9-10-25-18)17-20-15-14(16(24)21-17)11-19-23(15)13-7-5-4-6-8-13/h4-8,11H,3,9-10,12H2,1-2H3,(H,20,21,24). The maximum absolute atomic E-state index is 12.5. The zero-order valence-electron chi connectivity index (χ0n) is 14.4. The minimum absolute atomic E-state index is 0.174. The van der Waals surface area contributed by atoms with E-state index in [1.54, 1.807) is 10.9 Å². The third-order valence-electron chi connectivity index (χ3n) is 4.81. The molecule has 0 bridgehead atoms. The van der Waals surface area contributed by atoms with Crippen LogP contribution in [-0.2, 0) is 4.74 Å². The molecule has 0 aliphatic carbocycles. The Morgan fingerprint density at radius 2 is 2.12 bits per heavy atom. The first-order valence-corrected chi connectivity index (χ1v) is 8.52. The van der Waals surface area contributed by atoms with Crippen molar-refractivity contribution in [2.45, 2.75) is 25.9 Å². The summed E-state index contributed by atoms with van der Waals surface area (Å²) < 4.78 is 7.59. The molecule has 0 spiro atoms. The van der Waals surface area contributed by atoms with Crippen molar-refractivity contribution in [1.29, 1.82) is 0 Å². The van der Waals surface area contributed by atoms with Gasteiger partial charge in [0.2, 0.25) is 5.95 Å². The van der Waals surface area contributed by atoms with Crippen LogP contribution in [0, 0.1) is 0 Å². The Labute approximate surface area is 145 Å². The molecule has 1 saturated heterocycles. The second-order valence-corrected chi connectivity index (χ2v) is 6.59. The first-order valence-electron chi connectivity index (χ1n) is 8.52. The summed E-state index contributed by atoms with van der Waals surface area (Å²) in [5.41, 5.74) is 1.04. The number of hydrogen-bond donors (Lipinski definition) is 1. The SMILES string of the molecule is CCC1(C)CN(c2nc3c(cnn3-c3ccccc3)c(=O)[nH]2)CCO1. The molecule has 1 unspecified atom stereocenters. The van der Waals surface area contributed by atoms with Gasteiger partial charge in [-0.15, -0.1) is 0 Å². The van der Waals surface area contributed by atoms with Crippen LogP contribution < -0.4 is 10.5 Å². The molecule has 7 nitrogen and oxygen atoms in total. The largest absolute Gasteiger partial charge is 0.372 e. The highest BCUT2D eigenvalue weighted by molar-refractivity contribution is 5.76. The molecule has 3 aromatic rings. The molecule has 0 amide bonds. The fraction of sp³-hybridized carbons (Fsp3) is 0.389. The van der Waals surface area contributed by atoms with Crippen molar-refractivity contribution in [1.82, 2.24) is 19.7 Å². The number of aromatic nitrogens is 4. The molecule has 4 rings (SSSR count). The topological polar surface area (TPSA) is 76.0 Å². The number of fused-ring (bicyclic) bond motifs is 1. The highest BCUT2D eigenvalue weighted by atomic mass is 16.5. The van der Waals surface area contributed by atoms with Gasteiger partial charge in [0.05, 0.1) is 24.1 Å². The van der Waals surface area contributed by atoms with Gasteiger partial charge in [0.25, 0.3) is 5.56 Å². The van der Waals surface area contributed by atoms with Crippen LogP contribution in [0.1, 0.15) is 20.3 Å². The molecule has 1 aromatic carbocycles. The summed E-state index contributed by atoms with van der Waals surface area (Å²) in [5.74, 6) is 0.568. The van der Waals surface area contributed by atoms with Gasteiger partial charge < -0.3 is 9.64 Å². The average Bonchev–Trinajstić information content (AvgIpc) is 3.07. The van der Waals surface area contributed by atoms with Crippen molar-refractivity contribution < 1.29 is 4.74 Å². The molecule has 1 N–H and O–H groups in total. The number of anilines is 1. The normalized spacial score (nSPS) is 21.0. The maximum Gasteiger partial charge on any atom is 0.263 e. The van der Waals surface area contributed by atoms with Crippen LogP contribution in [0.15, 0.2) is 41.3 Å².